The number of H-pyrrole nitrogens is 1. The molecule has 2 N–H and O–H groups in total. The van der Waals surface area contributed by atoms with Gasteiger partial charge in [0.15, 0.2) is 0 Å². The molecule has 0 aliphatic carbocycles. The van der Waals surface area contributed by atoms with E-state index in [0.29, 0.717) is 37.0 Å². The van der Waals surface area contributed by atoms with Gasteiger partial charge in [-0.2, -0.15) is 5.26 Å². The zero-order chi connectivity index (χ0) is 26.5. The van der Waals surface area contributed by atoms with Crippen molar-refractivity contribution in [2.75, 3.05) is 53.0 Å². The number of nitriles is 1. The van der Waals surface area contributed by atoms with Gasteiger partial charge >= 0.3 is 0 Å². The number of ether oxygens (including phenoxy) is 1. The first-order chi connectivity index (χ1) is 18.5. The smallest absolute Gasteiger partial charge is 0.130 e. The number of piperazine rings is 1. The van der Waals surface area contributed by atoms with Crippen LogP contribution in [0.4, 0.5) is 4.39 Å². The van der Waals surface area contributed by atoms with Gasteiger partial charge in [-0.15, -0.1) is 0 Å². The zero-order valence-corrected chi connectivity index (χ0v) is 21.5. The van der Waals surface area contributed by atoms with Gasteiger partial charge in [0, 0.05) is 39.3 Å². The van der Waals surface area contributed by atoms with E-state index in [4.69, 9.17) is 10.1 Å². The molecular weight excluding hydrogens is 481 g/mol. The lowest BCUT2D eigenvalue weighted by atomic mass is 10.0. The number of rotatable bonds is 6. The van der Waals surface area contributed by atoms with Crippen LogP contribution in [0, 0.1) is 22.6 Å². The van der Waals surface area contributed by atoms with Gasteiger partial charge < -0.3 is 19.5 Å². The number of halogens is 1. The lowest BCUT2D eigenvalue weighted by molar-refractivity contribution is 0.0258. The second-order valence-corrected chi connectivity index (χ2v) is 9.80. The number of hydrogen-bond donors (Lipinski definition) is 2. The normalized spacial score (nSPS) is 19.1. The number of hydrogen-bond acceptors (Lipinski definition) is 6. The van der Waals surface area contributed by atoms with Crippen LogP contribution >= 0.6 is 0 Å². The van der Waals surface area contributed by atoms with Crippen LogP contribution in [0.5, 0.6) is 0 Å². The first kappa shape index (κ1) is 25.8. The van der Waals surface area contributed by atoms with Gasteiger partial charge in [-0.05, 0) is 60.2 Å². The van der Waals surface area contributed by atoms with E-state index < -0.39 is 0 Å². The summed E-state index contributed by atoms with van der Waals surface area (Å²) < 4.78 is 19.4. The Kier molecular flexibility index (Phi) is 7.94. The third-order valence-corrected chi connectivity index (χ3v) is 7.19. The minimum absolute atomic E-state index is 0.221. The molecule has 2 saturated heterocycles. The van der Waals surface area contributed by atoms with Gasteiger partial charge in [-0.1, -0.05) is 18.2 Å². The molecule has 2 aliphatic rings. The lowest BCUT2D eigenvalue weighted by Gasteiger charge is -2.36. The van der Waals surface area contributed by atoms with Crippen LogP contribution < -0.4 is 0 Å². The Hall–Kier alpha value is -3.84. The summed E-state index contributed by atoms with van der Waals surface area (Å²) >= 11 is 0. The van der Waals surface area contributed by atoms with Crippen molar-refractivity contribution >= 4 is 11.9 Å². The van der Waals surface area contributed by atoms with Crippen LogP contribution in [-0.2, 0) is 11.3 Å². The summed E-state index contributed by atoms with van der Waals surface area (Å²) in [5.41, 5.74) is 4.31. The molecule has 1 unspecified atom stereocenters. The molecule has 8 nitrogen and oxygen atoms in total. The fourth-order valence-corrected chi connectivity index (χ4v) is 4.95. The largest absolute Gasteiger partial charge is 0.377 e. The number of aromatic nitrogens is 2. The highest BCUT2D eigenvalue weighted by Crippen LogP contribution is 2.26. The standard InChI is InChI=1S/C29H32FN7O/c1-35-9-11-36(12-10-35)19-24-15-21(5-6-23(24)17-31)26-18-33-29(34-26)8-7-28(32)37-13-14-38-20-27(37)22-3-2-4-25(30)16-22/h2-8,15-16,18,27,32H,9-14,19-20H2,1H3,(H,33,34)/b8-7-,32-28?. The Morgan fingerprint density at radius 2 is 2.05 bits per heavy atom. The van der Waals surface area contributed by atoms with E-state index in [9.17, 15) is 9.65 Å². The molecule has 196 valence electrons. The maximum atomic E-state index is 13.8. The molecule has 38 heavy (non-hydrogen) atoms. The molecule has 2 aromatic carbocycles. The average molecular weight is 514 g/mol. The van der Waals surface area contributed by atoms with Crippen molar-refractivity contribution in [2.45, 2.75) is 12.6 Å². The number of imidazole rings is 1. The van der Waals surface area contributed by atoms with Gasteiger partial charge in [0.2, 0.25) is 0 Å². The number of nitrogens with one attached hydrogen (secondary N) is 2. The molecule has 0 spiro atoms. The average Bonchev–Trinajstić information content (AvgIpc) is 3.42. The van der Waals surface area contributed by atoms with E-state index in [2.05, 4.69) is 39.0 Å². The van der Waals surface area contributed by atoms with Crippen molar-refractivity contribution in [3.05, 3.63) is 83.1 Å². The molecule has 1 aromatic heterocycles. The second kappa shape index (κ2) is 11.7. The molecule has 0 bridgehead atoms. The van der Waals surface area contributed by atoms with Crippen molar-refractivity contribution in [1.29, 1.82) is 10.7 Å². The van der Waals surface area contributed by atoms with Crippen LogP contribution in [0.15, 0.2) is 54.7 Å². The summed E-state index contributed by atoms with van der Waals surface area (Å²) in [5.74, 6) is 0.645. The Bertz CT molecular complexity index is 1350. The van der Waals surface area contributed by atoms with Gasteiger partial charge in [-0.3, -0.25) is 10.3 Å². The van der Waals surface area contributed by atoms with Gasteiger partial charge in [-0.25, -0.2) is 9.37 Å². The number of morpholine rings is 1. The summed E-state index contributed by atoms with van der Waals surface area (Å²) in [5, 5.41) is 18.3. The molecular formula is C29H32FN7O. The van der Waals surface area contributed by atoms with E-state index in [1.165, 1.54) is 12.1 Å². The number of likely N-dealkylation sites (N-methyl/N-ethyl adjacent to an activating group) is 1. The Morgan fingerprint density at radius 1 is 1.21 bits per heavy atom. The van der Waals surface area contributed by atoms with Gasteiger partial charge in [0.05, 0.1) is 42.8 Å². The molecule has 3 heterocycles. The van der Waals surface area contributed by atoms with E-state index in [1.54, 1.807) is 24.4 Å². The molecule has 2 fully saturated rings. The van der Waals surface area contributed by atoms with Crippen LogP contribution in [-0.4, -0.2) is 83.5 Å². The molecule has 9 heteroatoms. The summed E-state index contributed by atoms with van der Waals surface area (Å²) in [6.45, 7) is 6.24. The fraction of sp³-hybridized carbons (Fsp3) is 0.345. The van der Waals surface area contributed by atoms with Gasteiger partial charge in [0.1, 0.15) is 17.5 Å². The number of benzene rings is 2. The Labute approximate surface area is 222 Å². The molecule has 0 radical (unpaired) electrons. The van der Waals surface area contributed by atoms with E-state index in [-0.39, 0.29) is 11.9 Å². The maximum Gasteiger partial charge on any atom is 0.130 e. The number of aromatic amines is 1. The predicted octanol–water partition coefficient (Wildman–Crippen LogP) is 3.90. The van der Waals surface area contributed by atoms with E-state index in [1.807, 2.05) is 23.1 Å². The van der Waals surface area contributed by atoms with Gasteiger partial charge in [0.25, 0.3) is 0 Å². The Balaban J connectivity index is 1.29. The minimum Gasteiger partial charge on any atom is -0.377 e. The third-order valence-electron chi connectivity index (χ3n) is 7.19. The molecule has 0 saturated carbocycles. The van der Waals surface area contributed by atoms with Crippen molar-refractivity contribution < 1.29 is 9.13 Å². The van der Waals surface area contributed by atoms with Crippen LogP contribution in [0.25, 0.3) is 17.3 Å². The monoisotopic (exact) mass is 513 g/mol. The zero-order valence-electron chi connectivity index (χ0n) is 21.5. The SMILES string of the molecule is CN1CCN(Cc2cc(-c3cnc(/C=C\C(=N)N4CCOCC4c4cccc(F)c4)[nH]3)ccc2C#N)CC1. The summed E-state index contributed by atoms with van der Waals surface area (Å²) in [6, 6.07) is 14.4. The van der Waals surface area contributed by atoms with Crippen molar-refractivity contribution in [1.82, 2.24) is 24.7 Å². The minimum atomic E-state index is -0.298. The molecule has 2 aliphatic heterocycles. The molecule has 0 amide bonds. The van der Waals surface area contributed by atoms with Crippen LogP contribution in [0.2, 0.25) is 0 Å². The highest BCUT2D eigenvalue weighted by atomic mass is 19.1. The molecule has 1 atom stereocenters. The summed E-state index contributed by atoms with van der Waals surface area (Å²) in [7, 11) is 2.13. The lowest BCUT2D eigenvalue weighted by Crippen LogP contribution is -2.43. The molecule has 3 aromatic rings. The number of amidine groups is 1. The fourth-order valence-electron chi connectivity index (χ4n) is 4.95. The first-order valence-electron chi connectivity index (χ1n) is 12.9. The highest BCUT2D eigenvalue weighted by molar-refractivity contribution is 5.94. The highest BCUT2D eigenvalue weighted by Gasteiger charge is 2.26. The topological polar surface area (TPSA) is 95.3 Å². The van der Waals surface area contributed by atoms with Crippen LogP contribution in [0.1, 0.15) is 28.6 Å². The molecule has 5 rings (SSSR count). The number of nitrogens with zero attached hydrogens (tertiary/aromatic N) is 5. The van der Waals surface area contributed by atoms with Crippen LogP contribution in [0.3, 0.4) is 0 Å². The summed E-state index contributed by atoms with van der Waals surface area (Å²) in [4.78, 5) is 14.4. The predicted molar refractivity (Wildman–Crippen MR) is 145 cm³/mol. The van der Waals surface area contributed by atoms with Crippen molar-refractivity contribution in [3.63, 3.8) is 0 Å². The van der Waals surface area contributed by atoms with Crippen molar-refractivity contribution in [2.24, 2.45) is 0 Å². The van der Waals surface area contributed by atoms with E-state index in [0.717, 1.165) is 55.1 Å². The summed E-state index contributed by atoms with van der Waals surface area (Å²) in [6.07, 6.45) is 5.26. The maximum absolute atomic E-state index is 13.8. The quantitative estimate of drug-likeness (QED) is 0.384. The van der Waals surface area contributed by atoms with E-state index >= 15 is 0 Å². The first-order valence-corrected chi connectivity index (χ1v) is 12.9. The third kappa shape index (κ3) is 6.00. The second-order valence-electron chi connectivity index (χ2n) is 9.80. The van der Waals surface area contributed by atoms with Crippen molar-refractivity contribution in [3.8, 4) is 17.3 Å². The Morgan fingerprint density at radius 3 is 2.84 bits per heavy atom.